The molecule has 0 aliphatic carbocycles. The third kappa shape index (κ3) is 4.09. The molecule has 0 spiro atoms. The zero-order chi connectivity index (χ0) is 24.6. The van der Waals surface area contributed by atoms with Crippen molar-refractivity contribution < 1.29 is 23.9 Å². The number of carbonyl (C=O) groups excluding carboxylic acids is 4. The first-order valence-electron chi connectivity index (χ1n) is 10.2. The van der Waals surface area contributed by atoms with Gasteiger partial charge >= 0.3 is 11.7 Å². The summed E-state index contributed by atoms with van der Waals surface area (Å²) in [6, 6.07) is 4.95. The fourth-order valence-corrected chi connectivity index (χ4v) is 3.67. The van der Waals surface area contributed by atoms with E-state index >= 15 is 0 Å². The van der Waals surface area contributed by atoms with E-state index in [2.05, 4.69) is 0 Å². The Morgan fingerprint density at radius 3 is 2.03 bits per heavy atom. The average Bonchev–Trinajstić information content (AvgIpc) is 3.03. The molecule has 0 fully saturated rings. The van der Waals surface area contributed by atoms with Gasteiger partial charge in [0.05, 0.1) is 11.1 Å². The molecule has 174 valence electrons. The summed E-state index contributed by atoms with van der Waals surface area (Å²) in [7, 11) is 2.48. The maximum atomic E-state index is 12.9. The molecule has 1 atom stereocenters. The Bertz CT molecular complexity index is 1250. The molecule has 0 unspecified atom stereocenters. The molecular formula is C22H24N4O7. The van der Waals surface area contributed by atoms with Gasteiger partial charge in [0.2, 0.25) is 5.78 Å². The number of nitrogens with zero attached hydrogens (tertiary/aromatic N) is 3. The maximum absolute atomic E-state index is 12.9. The van der Waals surface area contributed by atoms with Gasteiger partial charge in [-0.1, -0.05) is 26.0 Å². The molecular weight excluding hydrogens is 432 g/mol. The molecule has 2 amide bonds. The number of nitrogen functional groups attached to an aromatic ring is 1. The van der Waals surface area contributed by atoms with Gasteiger partial charge in [-0.2, -0.15) is 0 Å². The number of imide groups is 1. The molecule has 2 heterocycles. The molecule has 0 bridgehead atoms. The van der Waals surface area contributed by atoms with Gasteiger partial charge in [0.15, 0.2) is 6.61 Å². The van der Waals surface area contributed by atoms with Gasteiger partial charge in [0.25, 0.3) is 17.4 Å². The standard InChI is InChI=1S/C22H24N4O7/c1-11(2)9-14(26-18(28)12-7-5-6-8-13(12)19(26)29)21(31)33-10-15(27)16-17(23)24(3)22(32)25(4)20(16)30/h5-8,11,14H,9-10,23H2,1-4H3/t14-/m0/s1. The molecule has 0 radical (unpaired) electrons. The quantitative estimate of drug-likeness (QED) is 0.350. The molecule has 0 saturated carbocycles. The summed E-state index contributed by atoms with van der Waals surface area (Å²) in [4.78, 5) is 76.3. The zero-order valence-corrected chi connectivity index (χ0v) is 18.7. The summed E-state index contributed by atoms with van der Waals surface area (Å²) in [5, 5.41) is 0. The van der Waals surface area contributed by atoms with Gasteiger partial charge in [0, 0.05) is 14.1 Å². The lowest BCUT2D eigenvalue weighted by Crippen LogP contribution is -2.47. The second-order valence-corrected chi connectivity index (χ2v) is 8.17. The Morgan fingerprint density at radius 1 is 0.970 bits per heavy atom. The van der Waals surface area contributed by atoms with Crippen molar-refractivity contribution in [3.8, 4) is 0 Å². The minimum Gasteiger partial charge on any atom is -0.456 e. The number of ether oxygens (including phenoxy) is 1. The summed E-state index contributed by atoms with van der Waals surface area (Å²) in [5.74, 6) is -3.58. The lowest BCUT2D eigenvalue weighted by atomic mass is 10.0. The molecule has 3 rings (SSSR count). The van der Waals surface area contributed by atoms with Crippen molar-refractivity contribution in [2.45, 2.75) is 26.3 Å². The normalized spacial score (nSPS) is 13.9. The molecule has 1 aliphatic rings. The van der Waals surface area contributed by atoms with Gasteiger partial charge in [-0.05, 0) is 24.5 Å². The zero-order valence-electron chi connectivity index (χ0n) is 18.7. The van der Waals surface area contributed by atoms with E-state index in [0.717, 1.165) is 9.47 Å². The predicted octanol–water partition coefficient (Wildman–Crippen LogP) is 0.103. The number of nitrogens with two attached hydrogens (primary N) is 1. The molecule has 0 saturated heterocycles. The van der Waals surface area contributed by atoms with E-state index in [9.17, 15) is 28.8 Å². The second kappa shape index (κ2) is 8.85. The predicted molar refractivity (Wildman–Crippen MR) is 117 cm³/mol. The highest BCUT2D eigenvalue weighted by molar-refractivity contribution is 6.22. The Balaban J connectivity index is 1.85. The number of ketones is 1. The number of carbonyl (C=O) groups is 4. The van der Waals surface area contributed by atoms with Crippen LogP contribution in [-0.2, 0) is 23.6 Å². The highest BCUT2D eigenvalue weighted by atomic mass is 16.5. The van der Waals surface area contributed by atoms with Crippen LogP contribution in [0.5, 0.6) is 0 Å². The van der Waals surface area contributed by atoms with Crippen molar-refractivity contribution >= 4 is 29.4 Å². The molecule has 2 aromatic rings. The Morgan fingerprint density at radius 2 is 1.52 bits per heavy atom. The Hall–Kier alpha value is -4.02. The van der Waals surface area contributed by atoms with Crippen molar-refractivity contribution in [1.82, 2.24) is 14.0 Å². The van der Waals surface area contributed by atoms with Crippen LogP contribution in [0.25, 0.3) is 0 Å². The first-order chi connectivity index (χ1) is 15.5. The monoisotopic (exact) mass is 456 g/mol. The van der Waals surface area contributed by atoms with Gasteiger partial charge < -0.3 is 10.5 Å². The van der Waals surface area contributed by atoms with Crippen molar-refractivity contribution in [2.24, 2.45) is 20.0 Å². The third-order valence-corrected chi connectivity index (χ3v) is 5.44. The number of rotatable bonds is 7. The number of aromatic nitrogens is 2. The van der Waals surface area contributed by atoms with Crippen LogP contribution in [0.1, 0.15) is 51.3 Å². The van der Waals surface area contributed by atoms with E-state index < -0.39 is 53.0 Å². The van der Waals surface area contributed by atoms with E-state index in [4.69, 9.17) is 10.5 Å². The van der Waals surface area contributed by atoms with Crippen LogP contribution in [0, 0.1) is 5.92 Å². The van der Waals surface area contributed by atoms with Crippen LogP contribution in [0.3, 0.4) is 0 Å². The molecule has 11 nitrogen and oxygen atoms in total. The lowest BCUT2D eigenvalue weighted by Gasteiger charge is -2.25. The summed E-state index contributed by atoms with van der Waals surface area (Å²) in [5.41, 5.74) is 4.00. The molecule has 1 aromatic carbocycles. The number of amides is 2. The lowest BCUT2D eigenvalue weighted by molar-refractivity contribution is -0.147. The topological polar surface area (TPSA) is 151 Å². The smallest absolute Gasteiger partial charge is 0.332 e. The van der Waals surface area contributed by atoms with E-state index in [-0.39, 0.29) is 29.3 Å². The highest BCUT2D eigenvalue weighted by Gasteiger charge is 2.43. The maximum Gasteiger partial charge on any atom is 0.332 e. The molecule has 1 aromatic heterocycles. The molecule has 2 N–H and O–H groups in total. The number of esters is 1. The van der Waals surface area contributed by atoms with Crippen molar-refractivity contribution in [2.75, 3.05) is 12.3 Å². The van der Waals surface area contributed by atoms with Gasteiger partial charge in [-0.15, -0.1) is 0 Å². The SMILES string of the molecule is CC(C)C[C@@H](C(=O)OCC(=O)c1c(N)n(C)c(=O)n(C)c1=O)N1C(=O)c2ccccc2C1=O. The number of Topliss-reactive ketones (excluding diaryl/α,β-unsaturated/α-hetero) is 1. The number of anilines is 1. The second-order valence-electron chi connectivity index (χ2n) is 8.17. The van der Waals surface area contributed by atoms with Crippen molar-refractivity contribution in [1.29, 1.82) is 0 Å². The minimum absolute atomic E-state index is 0.0887. The third-order valence-electron chi connectivity index (χ3n) is 5.44. The van der Waals surface area contributed by atoms with E-state index in [0.29, 0.717) is 4.57 Å². The first kappa shape index (κ1) is 23.6. The molecule has 1 aliphatic heterocycles. The number of hydrogen-bond acceptors (Lipinski definition) is 8. The highest BCUT2D eigenvalue weighted by Crippen LogP contribution is 2.27. The Labute approximate surface area is 188 Å². The Kier molecular flexibility index (Phi) is 6.34. The van der Waals surface area contributed by atoms with Crippen molar-refractivity contribution in [3.05, 3.63) is 61.8 Å². The number of fused-ring (bicyclic) bond motifs is 1. The van der Waals surface area contributed by atoms with Crippen LogP contribution in [0.15, 0.2) is 33.9 Å². The average molecular weight is 456 g/mol. The van der Waals surface area contributed by atoms with Gasteiger partial charge in [-0.3, -0.25) is 33.2 Å². The fourth-order valence-electron chi connectivity index (χ4n) is 3.67. The van der Waals surface area contributed by atoms with E-state index in [1.54, 1.807) is 26.0 Å². The van der Waals surface area contributed by atoms with E-state index in [1.165, 1.54) is 26.2 Å². The summed E-state index contributed by atoms with van der Waals surface area (Å²) in [6.45, 7) is 2.76. The van der Waals surface area contributed by atoms with Crippen LogP contribution in [0.2, 0.25) is 0 Å². The summed E-state index contributed by atoms with van der Waals surface area (Å²) >= 11 is 0. The van der Waals surface area contributed by atoms with Crippen molar-refractivity contribution in [3.63, 3.8) is 0 Å². The van der Waals surface area contributed by atoms with Gasteiger partial charge in [0.1, 0.15) is 17.4 Å². The largest absolute Gasteiger partial charge is 0.456 e. The minimum atomic E-state index is -1.26. The summed E-state index contributed by atoms with van der Waals surface area (Å²) in [6.07, 6.45) is 0.113. The van der Waals surface area contributed by atoms with Crippen LogP contribution in [-0.4, -0.2) is 50.2 Å². The van der Waals surface area contributed by atoms with Crippen LogP contribution >= 0.6 is 0 Å². The van der Waals surface area contributed by atoms with Crippen LogP contribution < -0.4 is 17.0 Å². The van der Waals surface area contributed by atoms with E-state index in [1.807, 2.05) is 0 Å². The number of benzene rings is 1. The number of hydrogen-bond donors (Lipinski definition) is 1. The molecule has 33 heavy (non-hydrogen) atoms. The summed E-state index contributed by atoms with van der Waals surface area (Å²) < 4.78 is 6.76. The first-order valence-corrected chi connectivity index (χ1v) is 10.2. The fraction of sp³-hybridized carbons (Fsp3) is 0.364. The van der Waals surface area contributed by atoms with Gasteiger partial charge in [-0.25, -0.2) is 9.59 Å². The molecule has 11 heteroatoms. The van der Waals surface area contributed by atoms with Crippen LogP contribution in [0.4, 0.5) is 5.82 Å².